The molecule has 0 spiro atoms. The van der Waals surface area contributed by atoms with E-state index < -0.39 is 0 Å². The maximum atomic E-state index is 4.46. The monoisotopic (exact) mass is 264 g/mol. The number of nitrogens with zero attached hydrogens (tertiary/aromatic N) is 3. The number of hydrogen-bond acceptors (Lipinski definition) is 4. The maximum absolute atomic E-state index is 4.46. The van der Waals surface area contributed by atoms with E-state index >= 15 is 0 Å². The van der Waals surface area contributed by atoms with Gasteiger partial charge in [-0.3, -0.25) is 9.97 Å². The number of aromatic nitrogens is 3. The van der Waals surface area contributed by atoms with Gasteiger partial charge in [-0.2, -0.15) is 0 Å². The van der Waals surface area contributed by atoms with Crippen molar-refractivity contribution in [2.24, 2.45) is 0 Å². The van der Waals surface area contributed by atoms with Crippen molar-refractivity contribution in [1.82, 2.24) is 15.0 Å². The molecule has 20 heavy (non-hydrogen) atoms. The number of hydrogen-bond donors (Lipinski definition) is 1. The van der Waals surface area contributed by atoms with Gasteiger partial charge in [-0.1, -0.05) is 19.1 Å². The highest BCUT2D eigenvalue weighted by Gasteiger charge is 2.08. The second-order valence-electron chi connectivity index (χ2n) is 4.59. The Morgan fingerprint density at radius 3 is 2.80 bits per heavy atom. The summed E-state index contributed by atoms with van der Waals surface area (Å²) in [7, 11) is 0. The SMILES string of the molecule is CCCNc1nccnc1-c1ccc2ncccc2c1. The summed E-state index contributed by atoms with van der Waals surface area (Å²) in [6.07, 6.45) is 6.29. The van der Waals surface area contributed by atoms with Gasteiger partial charge in [-0.05, 0) is 24.6 Å². The van der Waals surface area contributed by atoms with Gasteiger partial charge in [0.2, 0.25) is 0 Å². The first-order valence-electron chi connectivity index (χ1n) is 6.78. The fourth-order valence-corrected chi connectivity index (χ4v) is 2.14. The summed E-state index contributed by atoms with van der Waals surface area (Å²) in [5, 5.41) is 4.43. The first-order chi connectivity index (χ1) is 9.88. The van der Waals surface area contributed by atoms with Crippen LogP contribution in [0.2, 0.25) is 0 Å². The molecule has 0 aliphatic heterocycles. The lowest BCUT2D eigenvalue weighted by Gasteiger charge is -2.09. The molecule has 2 aromatic heterocycles. The minimum Gasteiger partial charge on any atom is -0.368 e. The Hall–Kier alpha value is -2.49. The lowest BCUT2D eigenvalue weighted by molar-refractivity contribution is 0.966. The van der Waals surface area contributed by atoms with Gasteiger partial charge in [0.1, 0.15) is 5.69 Å². The highest BCUT2D eigenvalue weighted by atomic mass is 15.0. The standard InChI is InChI=1S/C16H16N4/c1-2-7-19-16-15(18-9-10-20-16)13-5-6-14-12(11-13)4-3-8-17-14/h3-6,8-11H,2,7H2,1H3,(H,19,20). The van der Waals surface area contributed by atoms with Gasteiger partial charge in [0, 0.05) is 36.1 Å². The molecule has 0 fully saturated rings. The zero-order valence-electron chi connectivity index (χ0n) is 11.4. The predicted molar refractivity (Wildman–Crippen MR) is 81.5 cm³/mol. The minimum atomic E-state index is 0.831. The molecule has 0 aliphatic carbocycles. The Kier molecular flexibility index (Phi) is 3.54. The van der Waals surface area contributed by atoms with Crippen molar-refractivity contribution in [2.45, 2.75) is 13.3 Å². The van der Waals surface area contributed by atoms with Crippen LogP contribution in [0, 0.1) is 0 Å². The van der Waals surface area contributed by atoms with E-state index in [1.165, 1.54) is 0 Å². The maximum Gasteiger partial charge on any atom is 0.152 e. The highest BCUT2D eigenvalue weighted by Crippen LogP contribution is 2.26. The molecule has 0 bridgehead atoms. The lowest BCUT2D eigenvalue weighted by Crippen LogP contribution is -2.04. The van der Waals surface area contributed by atoms with Gasteiger partial charge in [0.05, 0.1) is 5.52 Å². The van der Waals surface area contributed by atoms with E-state index in [4.69, 9.17) is 0 Å². The van der Waals surface area contributed by atoms with Gasteiger partial charge >= 0.3 is 0 Å². The molecule has 1 N–H and O–H groups in total. The number of nitrogens with one attached hydrogen (secondary N) is 1. The van der Waals surface area contributed by atoms with E-state index in [-0.39, 0.29) is 0 Å². The molecule has 0 saturated carbocycles. The first kappa shape index (κ1) is 12.5. The molecule has 0 saturated heterocycles. The predicted octanol–water partition coefficient (Wildman–Crippen LogP) is 3.51. The Labute approximate surface area is 117 Å². The molecule has 2 heterocycles. The molecule has 3 aromatic rings. The molecule has 0 unspecified atom stereocenters. The van der Waals surface area contributed by atoms with Crippen molar-refractivity contribution < 1.29 is 0 Å². The fraction of sp³-hybridized carbons (Fsp3) is 0.188. The van der Waals surface area contributed by atoms with Gasteiger partial charge in [0.15, 0.2) is 5.82 Å². The van der Waals surface area contributed by atoms with Gasteiger partial charge in [0.25, 0.3) is 0 Å². The molecule has 1 aromatic carbocycles. The Morgan fingerprint density at radius 2 is 1.90 bits per heavy atom. The Bertz CT molecular complexity index is 724. The van der Waals surface area contributed by atoms with E-state index in [1.54, 1.807) is 18.6 Å². The molecule has 4 heteroatoms. The third-order valence-electron chi connectivity index (χ3n) is 3.12. The van der Waals surface area contributed by atoms with Crippen LogP contribution in [0.5, 0.6) is 0 Å². The second-order valence-corrected chi connectivity index (χ2v) is 4.59. The largest absolute Gasteiger partial charge is 0.368 e. The number of anilines is 1. The summed E-state index contributed by atoms with van der Waals surface area (Å²) in [6, 6.07) is 10.2. The number of rotatable bonds is 4. The van der Waals surface area contributed by atoms with Crippen LogP contribution in [-0.2, 0) is 0 Å². The third kappa shape index (κ3) is 2.45. The van der Waals surface area contributed by atoms with Crippen molar-refractivity contribution in [3.05, 3.63) is 48.9 Å². The molecule has 0 atom stereocenters. The van der Waals surface area contributed by atoms with Crippen LogP contribution < -0.4 is 5.32 Å². The average Bonchev–Trinajstić information content (AvgIpc) is 2.53. The first-order valence-corrected chi connectivity index (χ1v) is 6.78. The zero-order chi connectivity index (χ0) is 13.8. The van der Waals surface area contributed by atoms with Gasteiger partial charge < -0.3 is 5.32 Å². The van der Waals surface area contributed by atoms with Crippen LogP contribution in [0.4, 0.5) is 5.82 Å². The van der Waals surface area contributed by atoms with Gasteiger partial charge in [-0.15, -0.1) is 0 Å². The highest BCUT2D eigenvalue weighted by molar-refractivity contribution is 5.85. The summed E-state index contributed by atoms with van der Waals surface area (Å²) in [5.74, 6) is 0.831. The molecule has 0 aliphatic rings. The Morgan fingerprint density at radius 1 is 1.00 bits per heavy atom. The lowest BCUT2D eigenvalue weighted by atomic mass is 10.1. The summed E-state index contributed by atoms with van der Waals surface area (Å²) in [6.45, 7) is 3.02. The molecular weight excluding hydrogens is 248 g/mol. The van der Waals surface area contributed by atoms with E-state index in [9.17, 15) is 0 Å². The van der Waals surface area contributed by atoms with Crippen LogP contribution in [0.15, 0.2) is 48.9 Å². The molecule has 0 radical (unpaired) electrons. The van der Waals surface area contributed by atoms with Crippen LogP contribution >= 0.6 is 0 Å². The molecule has 100 valence electrons. The smallest absolute Gasteiger partial charge is 0.152 e. The normalized spacial score (nSPS) is 10.7. The summed E-state index contributed by atoms with van der Waals surface area (Å²) in [5.41, 5.74) is 2.92. The zero-order valence-corrected chi connectivity index (χ0v) is 11.4. The van der Waals surface area contributed by atoms with Gasteiger partial charge in [-0.25, -0.2) is 4.98 Å². The molecule has 4 nitrogen and oxygen atoms in total. The van der Waals surface area contributed by atoms with Crippen LogP contribution in [0.25, 0.3) is 22.2 Å². The van der Waals surface area contributed by atoms with Crippen molar-refractivity contribution in [2.75, 3.05) is 11.9 Å². The van der Waals surface area contributed by atoms with E-state index in [0.717, 1.165) is 40.9 Å². The van der Waals surface area contributed by atoms with Crippen molar-refractivity contribution >= 4 is 16.7 Å². The topological polar surface area (TPSA) is 50.7 Å². The number of benzene rings is 1. The Balaban J connectivity index is 2.06. The summed E-state index contributed by atoms with van der Waals surface area (Å²) in [4.78, 5) is 13.2. The van der Waals surface area contributed by atoms with E-state index in [1.807, 2.05) is 18.2 Å². The average molecular weight is 264 g/mol. The molecule has 3 rings (SSSR count). The van der Waals surface area contributed by atoms with E-state index in [2.05, 4.69) is 39.3 Å². The number of fused-ring (bicyclic) bond motifs is 1. The second kappa shape index (κ2) is 5.65. The molecule has 0 amide bonds. The van der Waals surface area contributed by atoms with E-state index in [0.29, 0.717) is 0 Å². The van der Waals surface area contributed by atoms with Crippen molar-refractivity contribution in [1.29, 1.82) is 0 Å². The fourth-order valence-electron chi connectivity index (χ4n) is 2.14. The van der Waals surface area contributed by atoms with Crippen molar-refractivity contribution in [3.8, 4) is 11.3 Å². The van der Waals surface area contributed by atoms with Crippen LogP contribution in [0.1, 0.15) is 13.3 Å². The summed E-state index contributed by atoms with van der Waals surface area (Å²) < 4.78 is 0. The minimum absolute atomic E-state index is 0.831. The van der Waals surface area contributed by atoms with Crippen LogP contribution in [0.3, 0.4) is 0 Å². The van der Waals surface area contributed by atoms with Crippen molar-refractivity contribution in [3.63, 3.8) is 0 Å². The quantitative estimate of drug-likeness (QED) is 0.783. The molecular formula is C16H16N4. The van der Waals surface area contributed by atoms with Crippen LogP contribution in [-0.4, -0.2) is 21.5 Å². The number of pyridine rings is 1. The summed E-state index contributed by atoms with van der Waals surface area (Å²) >= 11 is 0. The third-order valence-corrected chi connectivity index (χ3v) is 3.12.